The largest absolute Gasteiger partial charge is 0.481 e. The van der Waals surface area contributed by atoms with Crippen LogP contribution < -0.4 is 5.32 Å². The predicted octanol–water partition coefficient (Wildman–Crippen LogP) is 2.99. The van der Waals surface area contributed by atoms with Crippen LogP contribution in [0.3, 0.4) is 0 Å². The van der Waals surface area contributed by atoms with E-state index in [0.717, 1.165) is 17.3 Å². The van der Waals surface area contributed by atoms with Crippen LogP contribution in [0.25, 0.3) is 0 Å². The number of rotatable bonds is 6. The average molecular weight is 322 g/mol. The molecule has 0 bridgehead atoms. The second-order valence-electron chi connectivity index (χ2n) is 3.82. The molecule has 0 aromatic heterocycles. The number of benzene rings is 1. The van der Waals surface area contributed by atoms with Crippen LogP contribution in [-0.4, -0.2) is 28.5 Å². The molecule has 0 heterocycles. The molecule has 4 nitrogen and oxygen atoms in total. The first-order chi connectivity index (χ1) is 8.91. The molecule has 1 atom stereocenters. The van der Waals surface area contributed by atoms with E-state index in [-0.39, 0.29) is 23.5 Å². The fraction of sp³-hybridized carbons (Fsp3) is 0.333. The Hall–Kier alpha value is -0.910. The van der Waals surface area contributed by atoms with Gasteiger partial charge in [0.15, 0.2) is 0 Å². The normalized spacial score (nSPS) is 11.9. The van der Waals surface area contributed by atoms with Gasteiger partial charge in [-0.3, -0.25) is 9.59 Å². The molecule has 0 aliphatic heterocycles. The SMILES string of the molecule is CC(NC(=O)CSCC(=O)O)c1cccc(Cl)c1Cl. The zero-order chi connectivity index (χ0) is 14.4. The number of carbonyl (C=O) groups is 2. The number of hydrogen-bond donors (Lipinski definition) is 2. The zero-order valence-corrected chi connectivity index (χ0v) is 12.5. The number of halogens is 2. The molecule has 0 spiro atoms. The lowest BCUT2D eigenvalue weighted by Crippen LogP contribution is -2.28. The molecule has 0 aliphatic rings. The Morgan fingerprint density at radius 1 is 1.37 bits per heavy atom. The predicted molar refractivity (Wildman–Crippen MR) is 78.0 cm³/mol. The van der Waals surface area contributed by atoms with Crippen LogP contribution >= 0.6 is 35.0 Å². The number of hydrogen-bond acceptors (Lipinski definition) is 3. The first-order valence-electron chi connectivity index (χ1n) is 5.44. The number of amides is 1. The summed E-state index contributed by atoms with van der Waals surface area (Å²) in [6.45, 7) is 1.79. The highest BCUT2D eigenvalue weighted by atomic mass is 35.5. The average Bonchev–Trinajstić information content (AvgIpc) is 2.31. The van der Waals surface area contributed by atoms with Crippen molar-refractivity contribution in [2.45, 2.75) is 13.0 Å². The highest BCUT2D eigenvalue weighted by Gasteiger charge is 2.14. The monoisotopic (exact) mass is 321 g/mol. The van der Waals surface area contributed by atoms with Gasteiger partial charge < -0.3 is 10.4 Å². The van der Waals surface area contributed by atoms with E-state index in [4.69, 9.17) is 28.3 Å². The molecule has 1 amide bonds. The quantitative estimate of drug-likeness (QED) is 0.845. The van der Waals surface area contributed by atoms with Crippen molar-refractivity contribution in [2.24, 2.45) is 0 Å². The van der Waals surface area contributed by atoms with Gasteiger partial charge >= 0.3 is 5.97 Å². The third-order valence-electron chi connectivity index (χ3n) is 2.28. The Morgan fingerprint density at radius 2 is 2.05 bits per heavy atom. The molecule has 19 heavy (non-hydrogen) atoms. The molecule has 1 aromatic rings. The van der Waals surface area contributed by atoms with Gasteiger partial charge in [0.2, 0.25) is 5.91 Å². The molecule has 1 unspecified atom stereocenters. The van der Waals surface area contributed by atoms with E-state index in [1.807, 2.05) is 0 Å². The van der Waals surface area contributed by atoms with Crippen molar-refractivity contribution in [3.63, 3.8) is 0 Å². The summed E-state index contributed by atoms with van der Waals surface area (Å²) in [5.74, 6) is -1.19. The molecule has 0 saturated heterocycles. The van der Waals surface area contributed by atoms with E-state index >= 15 is 0 Å². The number of aliphatic carboxylic acids is 1. The maximum absolute atomic E-state index is 11.6. The summed E-state index contributed by atoms with van der Waals surface area (Å²) in [6, 6.07) is 4.92. The second kappa shape index (κ2) is 7.62. The summed E-state index contributed by atoms with van der Waals surface area (Å²) < 4.78 is 0. The van der Waals surface area contributed by atoms with E-state index in [9.17, 15) is 9.59 Å². The van der Waals surface area contributed by atoms with Crippen molar-refractivity contribution in [2.75, 3.05) is 11.5 Å². The molecule has 1 aromatic carbocycles. The topological polar surface area (TPSA) is 66.4 Å². The summed E-state index contributed by atoms with van der Waals surface area (Å²) >= 11 is 13.0. The molecule has 7 heteroatoms. The lowest BCUT2D eigenvalue weighted by atomic mass is 10.1. The summed E-state index contributed by atoms with van der Waals surface area (Å²) in [7, 11) is 0. The van der Waals surface area contributed by atoms with Crippen LogP contribution in [0.15, 0.2) is 18.2 Å². The Balaban J connectivity index is 2.54. The van der Waals surface area contributed by atoms with Crippen molar-refractivity contribution in [3.8, 4) is 0 Å². The number of carboxylic acid groups (broad SMARTS) is 1. The van der Waals surface area contributed by atoms with Crippen molar-refractivity contribution >= 4 is 46.8 Å². The molecule has 0 aliphatic carbocycles. The lowest BCUT2D eigenvalue weighted by molar-refractivity contribution is -0.133. The number of carbonyl (C=O) groups excluding carboxylic acids is 1. The van der Waals surface area contributed by atoms with Crippen LogP contribution in [-0.2, 0) is 9.59 Å². The fourth-order valence-electron chi connectivity index (χ4n) is 1.45. The van der Waals surface area contributed by atoms with E-state index in [0.29, 0.717) is 10.0 Å². The van der Waals surface area contributed by atoms with Gasteiger partial charge in [0.25, 0.3) is 0 Å². The Kier molecular flexibility index (Phi) is 6.48. The van der Waals surface area contributed by atoms with Gasteiger partial charge in [0, 0.05) is 0 Å². The lowest BCUT2D eigenvalue weighted by Gasteiger charge is -2.16. The Labute approximate surface area is 125 Å². The third kappa shape index (κ3) is 5.30. The maximum atomic E-state index is 11.6. The van der Waals surface area contributed by atoms with Crippen molar-refractivity contribution < 1.29 is 14.7 Å². The molecule has 0 saturated carbocycles. The van der Waals surface area contributed by atoms with E-state index in [1.54, 1.807) is 25.1 Å². The van der Waals surface area contributed by atoms with Crippen molar-refractivity contribution in [3.05, 3.63) is 33.8 Å². The number of carboxylic acids is 1. The summed E-state index contributed by atoms with van der Waals surface area (Å²) in [6.07, 6.45) is 0. The highest BCUT2D eigenvalue weighted by Crippen LogP contribution is 2.29. The number of nitrogens with one attached hydrogen (secondary N) is 1. The Bertz CT molecular complexity index is 482. The second-order valence-corrected chi connectivity index (χ2v) is 5.59. The molecule has 1 rings (SSSR count). The zero-order valence-electron chi connectivity index (χ0n) is 10.2. The smallest absolute Gasteiger partial charge is 0.313 e. The van der Waals surface area contributed by atoms with Gasteiger partial charge in [-0.2, -0.15) is 0 Å². The van der Waals surface area contributed by atoms with Crippen LogP contribution in [0.5, 0.6) is 0 Å². The Morgan fingerprint density at radius 3 is 2.68 bits per heavy atom. The molecular weight excluding hydrogens is 309 g/mol. The maximum Gasteiger partial charge on any atom is 0.313 e. The third-order valence-corrected chi connectivity index (χ3v) is 4.04. The van der Waals surface area contributed by atoms with E-state index in [1.165, 1.54) is 0 Å². The van der Waals surface area contributed by atoms with E-state index in [2.05, 4.69) is 5.32 Å². The van der Waals surface area contributed by atoms with Gasteiger partial charge in [-0.1, -0.05) is 35.3 Å². The number of thioether (sulfide) groups is 1. The minimum atomic E-state index is -0.941. The summed E-state index contributed by atoms with van der Waals surface area (Å²) in [5.41, 5.74) is 0.728. The van der Waals surface area contributed by atoms with Gasteiger partial charge in [-0.15, -0.1) is 11.8 Å². The van der Waals surface area contributed by atoms with Crippen LogP contribution in [0.4, 0.5) is 0 Å². The first kappa shape index (κ1) is 16.1. The standard InChI is InChI=1S/C12H13Cl2NO3S/c1-7(8-3-2-4-9(13)12(8)14)15-10(16)5-19-6-11(17)18/h2-4,7H,5-6H2,1H3,(H,15,16)(H,17,18). The molecule has 0 fully saturated rings. The van der Waals surface area contributed by atoms with Crippen molar-refractivity contribution in [1.29, 1.82) is 0 Å². The summed E-state index contributed by atoms with van der Waals surface area (Å²) in [5, 5.41) is 12.1. The van der Waals surface area contributed by atoms with Crippen LogP contribution in [0, 0.1) is 0 Å². The summed E-state index contributed by atoms with van der Waals surface area (Å²) in [4.78, 5) is 21.9. The van der Waals surface area contributed by atoms with Crippen LogP contribution in [0.2, 0.25) is 10.0 Å². The van der Waals surface area contributed by atoms with Crippen molar-refractivity contribution in [1.82, 2.24) is 5.32 Å². The minimum Gasteiger partial charge on any atom is -0.481 e. The van der Waals surface area contributed by atoms with Gasteiger partial charge in [0.1, 0.15) is 0 Å². The minimum absolute atomic E-state index is 0.0921. The van der Waals surface area contributed by atoms with Crippen LogP contribution in [0.1, 0.15) is 18.5 Å². The van der Waals surface area contributed by atoms with Gasteiger partial charge in [0.05, 0.1) is 27.6 Å². The fourth-order valence-corrected chi connectivity index (χ4v) is 2.46. The van der Waals surface area contributed by atoms with E-state index < -0.39 is 5.97 Å². The molecule has 104 valence electrons. The molecular formula is C12H13Cl2NO3S. The van der Waals surface area contributed by atoms with Gasteiger partial charge in [-0.25, -0.2) is 0 Å². The molecule has 2 N–H and O–H groups in total. The first-order valence-corrected chi connectivity index (χ1v) is 7.35. The van der Waals surface area contributed by atoms with Gasteiger partial charge in [-0.05, 0) is 18.6 Å². The highest BCUT2D eigenvalue weighted by molar-refractivity contribution is 8.00. The molecule has 0 radical (unpaired) electrons.